The number of nitrogens with zero attached hydrogens (tertiary/aromatic N) is 4. The number of benzene rings is 1. The first-order valence-electron chi connectivity index (χ1n) is 6.88. The van der Waals surface area contributed by atoms with Crippen LogP contribution < -0.4 is 0 Å². The SMILES string of the molecule is CCn1cnnc1CN(C)Cc1cccc2cc[nH]c12. The third kappa shape index (κ3) is 2.44. The molecule has 0 amide bonds. The molecule has 0 spiro atoms. The zero-order valence-corrected chi connectivity index (χ0v) is 11.9. The van der Waals surface area contributed by atoms with E-state index in [0.29, 0.717) is 0 Å². The molecule has 104 valence electrons. The second-order valence-corrected chi connectivity index (χ2v) is 5.06. The van der Waals surface area contributed by atoms with E-state index >= 15 is 0 Å². The third-order valence-electron chi connectivity index (χ3n) is 3.56. The van der Waals surface area contributed by atoms with Crippen LogP contribution in [0.3, 0.4) is 0 Å². The van der Waals surface area contributed by atoms with Gasteiger partial charge in [0.15, 0.2) is 0 Å². The quantitative estimate of drug-likeness (QED) is 0.774. The molecule has 20 heavy (non-hydrogen) atoms. The Morgan fingerprint density at radius 2 is 2.15 bits per heavy atom. The van der Waals surface area contributed by atoms with Crippen molar-refractivity contribution in [2.45, 2.75) is 26.6 Å². The minimum Gasteiger partial charge on any atom is -0.361 e. The number of hydrogen-bond donors (Lipinski definition) is 1. The first-order chi connectivity index (χ1) is 9.78. The van der Waals surface area contributed by atoms with Gasteiger partial charge in [-0.05, 0) is 31.0 Å². The van der Waals surface area contributed by atoms with Crippen LogP contribution in [0.1, 0.15) is 18.3 Å². The summed E-state index contributed by atoms with van der Waals surface area (Å²) in [6, 6.07) is 8.50. The maximum absolute atomic E-state index is 4.18. The average molecular weight is 269 g/mol. The first kappa shape index (κ1) is 12.9. The van der Waals surface area contributed by atoms with Gasteiger partial charge in [0, 0.05) is 24.8 Å². The van der Waals surface area contributed by atoms with E-state index in [9.17, 15) is 0 Å². The van der Waals surface area contributed by atoms with E-state index < -0.39 is 0 Å². The van der Waals surface area contributed by atoms with Gasteiger partial charge in [0.25, 0.3) is 0 Å². The minimum atomic E-state index is 0.797. The molecular weight excluding hydrogens is 250 g/mol. The van der Waals surface area contributed by atoms with Crippen molar-refractivity contribution in [1.82, 2.24) is 24.6 Å². The number of nitrogens with one attached hydrogen (secondary N) is 1. The van der Waals surface area contributed by atoms with Crippen LogP contribution in [-0.4, -0.2) is 31.7 Å². The van der Waals surface area contributed by atoms with Gasteiger partial charge in [-0.3, -0.25) is 4.90 Å². The zero-order chi connectivity index (χ0) is 13.9. The predicted octanol–water partition coefficient (Wildman–Crippen LogP) is 2.41. The van der Waals surface area contributed by atoms with Crippen LogP contribution in [0.25, 0.3) is 10.9 Å². The molecule has 2 aromatic heterocycles. The van der Waals surface area contributed by atoms with Gasteiger partial charge >= 0.3 is 0 Å². The number of fused-ring (bicyclic) bond motifs is 1. The van der Waals surface area contributed by atoms with Gasteiger partial charge in [-0.25, -0.2) is 0 Å². The largest absolute Gasteiger partial charge is 0.361 e. The highest BCUT2D eigenvalue weighted by Crippen LogP contribution is 2.18. The van der Waals surface area contributed by atoms with Gasteiger partial charge in [0.1, 0.15) is 12.2 Å². The van der Waals surface area contributed by atoms with Crippen LogP contribution in [0.15, 0.2) is 36.8 Å². The topological polar surface area (TPSA) is 49.7 Å². The molecule has 0 aliphatic heterocycles. The smallest absolute Gasteiger partial charge is 0.146 e. The fraction of sp³-hybridized carbons (Fsp3) is 0.333. The van der Waals surface area contributed by atoms with E-state index in [2.05, 4.69) is 62.9 Å². The Hall–Kier alpha value is -2.14. The monoisotopic (exact) mass is 269 g/mol. The lowest BCUT2D eigenvalue weighted by Gasteiger charge is -2.17. The molecule has 0 aliphatic carbocycles. The number of para-hydroxylation sites is 1. The third-order valence-corrected chi connectivity index (χ3v) is 3.56. The Kier molecular flexibility index (Phi) is 3.52. The average Bonchev–Trinajstić information content (AvgIpc) is 3.07. The fourth-order valence-electron chi connectivity index (χ4n) is 2.54. The molecule has 0 unspecified atom stereocenters. The molecule has 0 atom stereocenters. The Balaban J connectivity index is 1.76. The van der Waals surface area contributed by atoms with Crippen molar-refractivity contribution in [3.05, 3.63) is 48.2 Å². The summed E-state index contributed by atoms with van der Waals surface area (Å²) in [5.41, 5.74) is 2.52. The standard InChI is InChI=1S/C15H19N5/c1-3-20-11-17-18-14(20)10-19(2)9-13-6-4-5-12-7-8-16-15(12)13/h4-8,11,16H,3,9-10H2,1-2H3. The predicted molar refractivity (Wildman–Crippen MR) is 79.2 cm³/mol. The van der Waals surface area contributed by atoms with Crippen molar-refractivity contribution < 1.29 is 0 Å². The molecule has 3 rings (SSSR count). The molecule has 0 saturated heterocycles. The van der Waals surface area contributed by atoms with E-state index in [1.54, 1.807) is 6.33 Å². The second-order valence-electron chi connectivity index (χ2n) is 5.06. The first-order valence-corrected chi connectivity index (χ1v) is 6.88. The highest BCUT2D eigenvalue weighted by molar-refractivity contribution is 5.82. The van der Waals surface area contributed by atoms with E-state index in [-0.39, 0.29) is 0 Å². The molecule has 5 heteroatoms. The molecule has 0 fully saturated rings. The van der Waals surface area contributed by atoms with Crippen molar-refractivity contribution in [2.75, 3.05) is 7.05 Å². The van der Waals surface area contributed by atoms with Gasteiger partial charge in [0.05, 0.1) is 6.54 Å². The highest BCUT2D eigenvalue weighted by atomic mass is 15.3. The van der Waals surface area contributed by atoms with Crippen LogP contribution in [0.2, 0.25) is 0 Å². The van der Waals surface area contributed by atoms with E-state index in [0.717, 1.165) is 25.5 Å². The summed E-state index contributed by atoms with van der Waals surface area (Å²) in [6.07, 6.45) is 3.77. The van der Waals surface area contributed by atoms with Gasteiger partial charge in [-0.1, -0.05) is 18.2 Å². The molecule has 1 aromatic carbocycles. The molecule has 2 heterocycles. The van der Waals surface area contributed by atoms with Crippen LogP contribution in [0.5, 0.6) is 0 Å². The van der Waals surface area contributed by atoms with E-state index in [1.807, 2.05) is 6.20 Å². The van der Waals surface area contributed by atoms with E-state index in [1.165, 1.54) is 16.5 Å². The number of aromatic amines is 1. The summed E-state index contributed by atoms with van der Waals surface area (Å²) in [7, 11) is 2.11. The molecule has 3 aromatic rings. The van der Waals surface area contributed by atoms with Gasteiger partial charge < -0.3 is 9.55 Å². The summed E-state index contributed by atoms with van der Waals surface area (Å²) in [5, 5.41) is 9.42. The maximum Gasteiger partial charge on any atom is 0.146 e. The molecule has 0 aliphatic rings. The number of H-pyrrole nitrogens is 1. The van der Waals surface area contributed by atoms with Gasteiger partial charge in [-0.2, -0.15) is 0 Å². The van der Waals surface area contributed by atoms with Crippen molar-refractivity contribution in [3.63, 3.8) is 0 Å². The molecule has 5 nitrogen and oxygen atoms in total. The Morgan fingerprint density at radius 1 is 1.25 bits per heavy atom. The summed E-state index contributed by atoms with van der Waals surface area (Å²) >= 11 is 0. The lowest BCUT2D eigenvalue weighted by atomic mass is 10.1. The van der Waals surface area contributed by atoms with Crippen molar-refractivity contribution >= 4 is 10.9 Å². The number of aromatic nitrogens is 4. The highest BCUT2D eigenvalue weighted by Gasteiger charge is 2.09. The van der Waals surface area contributed by atoms with Crippen molar-refractivity contribution in [1.29, 1.82) is 0 Å². The van der Waals surface area contributed by atoms with Crippen LogP contribution in [0, 0.1) is 0 Å². The van der Waals surface area contributed by atoms with Crippen LogP contribution in [-0.2, 0) is 19.6 Å². The van der Waals surface area contributed by atoms with Crippen molar-refractivity contribution in [3.8, 4) is 0 Å². The molecule has 0 bridgehead atoms. The number of hydrogen-bond acceptors (Lipinski definition) is 3. The summed E-state index contributed by atoms with van der Waals surface area (Å²) in [6.45, 7) is 4.69. The zero-order valence-electron chi connectivity index (χ0n) is 11.9. The molecule has 0 radical (unpaired) electrons. The minimum absolute atomic E-state index is 0.797. The lowest BCUT2D eigenvalue weighted by Crippen LogP contribution is -2.20. The molecule has 0 saturated carbocycles. The second kappa shape index (κ2) is 5.46. The van der Waals surface area contributed by atoms with Crippen LogP contribution in [0.4, 0.5) is 0 Å². The number of aryl methyl sites for hydroxylation is 1. The summed E-state index contributed by atoms with van der Waals surface area (Å²) < 4.78 is 2.08. The number of rotatable bonds is 5. The Morgan fingerprint density at radius 3 is 3.00 bits per heavy atom. The maximum atomic E-state index is 4.18. The summed E-state index contributed by atoms with van der Waals surface area (Å²) in [4.78, 5) is 5.57. The summed E-state index contributed by atoms with van der Waals surface area (Å²) in [5.74, 6) is 1.01. The molecule has 1 N–H and O–H groups in total. The van der Waals surface area contributed by atoms with E-state index in [4.69, 9.17) is 0 Å². The normalized spacial score (nSPS) is 11.6. The van der Waals surface area contributed by atoms with Gasteiger partial charge in [-0.15, -0.1) is 10.2 Å². The Labute approximate surface area is 118 Å². The lowest BCUT2D eigenvalue weighted by molar-refractivity contribution is 0.306. The van der Waals surface area contributed by atoms with Crippen LogP contribution >= 0.6 is 0 Å². The molecular formula is C15H19N5. The Bertz CT molecular complexity index is 697. The fourth-order valence-corrected chi connectivity index (χ4v) is 2.54. The van der Waals surface area contributed by atoms with Crippen molar-refractivity contribution in [2.24, 2.45) is 0 Å². The van der Waals surface area contributed by atoms with Gasteiger partial charge in [0.2, 0.25) is 0 Å².